The van der Waals surface area contributed by atoms with Gasteiger partial charge in [0.1, 0.15) is 5.60 Å². The minimum atomic E-state index is -0.532. The second-order valence-corrected chi connectivity index (χ2v) is 7.55. The average molecular weight is 383 g/mol. The van der Waals surface area contributed by atoms with Crippen molar-refractivity contribution in [3.63, 3.8) is 0 Å². The SMILES string of the molecule is CC(C)(C)OC(=O)NCCNC(=O)N1CCN(c2cccc(Cl)c2)CC1. The van der Waals surface area contributed by atoms with E-state index in [4.69, 9.17) is 16.3 Å². The molecular formula is C18H27ClN4O3. The smallest absolute Gasteiger partial charge is 0.407 e. The molecule has 3 amide bonds. The number of urea groups is 1. The summed E-state index contributed by atoms with van der Waals surface area (Å²) in [7, 11) is 0. The van der Waals surface area contributed by atoms with Crippen molar-refractivity contribution in [1.29, 1.82) is 0 Å². The number of alkyl carbamates (subject to hydrolysis) is 1. The van der Waals surface area contributed by atoms with Gasteiger partial charge in [-0.25, -0.2) is 9.59 Å². The summed E-state index contributed by atoms with van der Waals surface area (Å²) in [6.45, 7) is 8.87. The number of halogens is 1. The van der Waals surface area contributed by atoms with Crippen LogP contribution in [0.4, 0.5) is 15.3 Å². The first-order valence-electron chi connectivity index (χ1n) is 8.75. The number of rotatable bonds is 4. The third-order valence-corrected chi connectivity index (χ3v) is 4.04. The van der Waals surface area contributed by atoms with Gasteiger partial charge in [-0.2, -0.15) is 0 Å². The van der Waals surface area contributed by atoms with Gasteiger partial charge in [0.2, 0.25) is 0 Å². The van der Waals surface area contributed by atoms with Crippen LogP contribution >= 0.6 is 11.6 Å². The van der Waals surface area contributed by atoms with Crippen molar-refractivity contribution in [3.8, 4) is 0 Å². The Hall–Kier alpha value is -2.15. The van der Waals surface area contributed by atoms with Crippen LogP contribution in [-0.2, 0) is 4.74 Å². The van der Waals surface area contributed by atoms with Gasteiger partial charge in [-0.15, -0.1) is 0 Å². The number of nitrogens with zero attached hydrogens (tertiary/aromatic N) is 2. The summed E-state index contributed by atoms with van der Waals surface area (Å²) < 4.78 is 5.14. The Kier molecular flexibility index (Phi) is 6.97. The molecule has 1 fully saturated rings. The molecule has 1 aliphatic heterocycles. The van der Waals surface area contributed by atoms with Crippen molar-refractivity contribution in [2.24, 2.45) is 0 Å². The summed E-state index contributed by atoms with van der Waals surface area (Å²) >= 11 is 6.03. The van der Waals surface area contributed by atoms with Crippen LogP contribution in [0.2, 0.25) is 5.02 Å². The zero-order valence-electron chi connectivity index (χ0n) is 15.5. The number of carbonyl (C=O) groups excluding carboxylic acids is 2. The zero-order chi connectivity index (χ0) is 19.2. The van der Waals surface area contributed by atoms with E-state index in [-0.39, 0.29) is 6.03 Å². The predicted octanol–water partition coefficient (Wildman–Crippen LogP) is 2.70. The van der Waals surface area contributed by atoms with E-state index in [1.54, 1.807) is 25.7 Å². The van der Waals surface area contributed by atoms with Crippen LogP contribution in [0.3, 0.4) is 0 Å². The summed E-state index contributed by atoms with van der Waals surface area (Å²) in [4.78, 5) is 27.7. The van der Waals surface area contributed by atoms with E-state index in [1.807, 2.05) is 24.3 Å². The van der Waals surface area contributed by atoms with Crippen LogP contribution < -0.4 is 15.5 Å². The molecule has 0 bridgehead atoms. The molecular weight excluding hydrogens is 356 g/mol. The third kappa shape index (κ3) is 6.63. The molecule has 2 N–H and O–H groups in total. The number of ether oxygens (including phenoxy) is 1. The van der Waals surface area contributed by atoms with Crippen LogP contribution in [0.5, 0.6) is 0 Å². The van der Waals surface area contributed by atoms with E-state index >= 15 is 0 Å². The topological polar surface area (TPSA) is 73.9 Å². The maximum atomic E-state index is 12.2. The van der Waals surface area contributed by atoms with E-state index in [0.29, 0.717) is 31.2 Å². The summed E-state index contributed by atoms with van der Waals surface area (Å²) in [5, 5.41) is 6.14. The van der Waals surface area contributed by atoms with E-state index < -0.39 is 11.7 Å². The Morgan fingerprint density at radius 3 is 2.38 bits per heavy atom. The number of benzene rings is 1. The maximum Gasteiger partial charge on any atom is 0.407 e. The van der Waals surface area contributed by atoms with E-state index in [2.05, 4.69) is 15.5 Å². The molecule has 26 heavy (non-hydrogen) atoms. The van der Waals surface area contributed by atoms with Gasteiger partial charge in [-0.1, -0.05) is 17.7 Å². The molecule has 1 saturated heterocycles. The van der Waals surface area contributed by atoms with Gasteiger partial charge in [0, 0.05) is 50.0 Å². The van der Waals surface area contributed by atoms with Crippen LogP contribution in [0.1, 0.15) is 20.8 Å². The fourth-order valence-electron chi connectivity index (χ4n) is 2.60. The summed E-state index contributed by atoms with van der Waals surface area (Å²) in [5.74, 6) is 0. The average Bonchev–Trinajstić information content (AvgIpc) is 2.57. The van der Waals surface area contributed by atoms with E-state index in [1.165, 1.54) is 0 Å². The number of hydrogen-bond acceptors (Lipinski definition) is 4. The lowest BCUT2D eigenvalue weighted by atomic mass is 10.2. The number of anilines is 1. The number of amides is 3. The molecule has 0 aromatic heterocycles. The van der Waals surface area contributed by atoms with Crippen molar-refractivity contribution in [1.82, 2.24) is 15.5 Å². The Morgan fingerprint density at radius 2 is 1.77 bits per heavy atom. The first-order chi connectivity index (χ1) is 12.2. The molecule has 1 aromatic carbocycles. The number of piperazine rings is 1. The summed E-state index contributed by atoms with van der Waals surface area (Å²) in [5.41, 5.74) is 0.537. The fourth-order valence-corrected chi connectivity index (χ4v) is 2.79. The maximum absolute atomic E-state index is 12.2. The molecule has 144 valence electrons. The van der Waals surface area contributed by atoms with Crippen molar-refractivity contribution < 1.29 is 14.3 Å². The number of nitrogens with one attached hydrogen (secondary N) is 2. The standard InChI is InChI=1S/C18H27ClN4O3/c1-18(2,3)26-17(25)21-8-7-20-16(24)23-11-9-22(10-12-23)15-6-4-5-14(19)13-15/h4-6,13H,7-12H2,1-3H3,(H,20,24)(H,21,25). The van der Waals surface area contributed by atoms with Gasteiger partial charge in [-0.05, 0) is 39.0 Å². The Balaban J connectivity index is 1.66. The molecule has 8 heteroatoms. The molecule has 0 unspecified atom stereocenters. The lowest BCUT2D eigenvalue weighted by Crippen LogP contribution is -2.52. The van der Waals surface area contributed by atoms with Gasteiger partial charge < -0.3 is 25.2 Å². The van der Waals surface area contributed by atoms with Gasteiger partial charge >= 0.3 is 12.1 Å². The highest BCUT2D eigenvalue weighted by Gasteiger charge is 2.21. The second-order valence-electron chi connectivity index (χ2n) is 7.11. The summed E-state index contributed by atoms with van der Waals surface area (Å²) in [6, 6.07) is 7.60. The van der Waals surface area contributed by atoms with Crippen molar-refractivity contribution in [2.45, 2.75) is 26.4 Å². The van der Waals surface area contributed by atoms with Crippen LogP contribution in [0, 0.1) is 0 Å². The summed E-state index contributed by atoms with van der Waals surface area (Å²) in [6.07, 6.45) is -0.484. The molecule has 0 spiro atoms. The second kappa shape index (κ2) is 8.98. The third-order valence-electron chi connectivity index (χ3n) is 3.81. The number of carbonyl (C=O) groups is 2. The predicted molar refractivity (Wildman–Crippen MR) is 103 cm³/mol. The van der Waals surface area contributed by atoms with Gasteiger partial charge in [0.05, 0.1) is 0 Å². The van der Waals surface area contributed by atoms with E-state index in [9.17, 15) is 9.59 Å². The minimum Gasteiger partial charge on any atom is -0.444 e. The monoisotopic (exact) mass is 382 g/mol. The molecule has 2 rings (SSSR count). The fraction of sp³-hybridized carbons (Fsp3) is 0.556. The minimum absolute atomic E-state index is 0.123. The van der Waals surface area contributed by atoms with Gasteiger partial charge in [0.25, 0.3) is 0 Å². The molecule has 7 nitrogen and oxygen atoms in total. The lowest BCUT2D eigenvalue weighted by molar-refractivity contribution is 0.0528. The van der Waals surface area contributed by atoms with Gasteiger partial charge in [0.15, 0.2) is 0 Å². The first kappa shape index (κ1) is 20.2. The van der Waals surface area contributed by atoms with Gasteiger partial charge in [-0.3, -0.25) is 0 Å². The van der Waals surface area contributed by atoms with E-state index in [0.717, 1.165) is 18.8 Å². The zero-order valence-corrected chi connectivity index (χ0v) is 16.3. The number of hydrogen-bond donors (Lipinski definition) is 2. The van der Waals surface area contributed by atoms with Crippen LogP contribution in [0.15, 0.2) is 24.3 Å². The highest BCUT2D eigenvalue weighted by atomic mass is 35.5. The Bertz CT molecular complexity index is 625. The highest BCUT2D eigenvalue weighted by molar-refractivity contribution is 6.30. The highest BCUT2D eigenvalue weighted by Crippen LogP contribution is 2.20. The normalized spacial score (nSPS) is 14.8. The quantitative estimate of drug-likeness (QED) is 0.785. The molecule has 0 radical (unpaired) electrons. The first-order valence-corrected chi connectivity index (χ1v) is 9.12. The molecule has 0 saturated carbocycles. The van der Waals surface area contributed by atoms with Crippen LogP contribution in [-0.4, -0.2) is 61.9 Å². The molecule has 1 heterocycles. The largest absolute Gasteiger partial charge is 0.444 e. The Morgan fingerprint density at radius 1 is 1.12 bits per heavy atom. The van der Waals surface area contributed by atoms with Crippen LogP contribution in [0.25, 0.3) is 0 Å². The molecule has 0 atom stereocenters. The molecule has 1 aliphatic rings. The molecule has 1 aromatic rings. The van der Waals surface area contributed by atoms with Crippen molar-refractivity contribution >= 4 is 29.4 Å². The lowest BCUT2D eigenvalue weighted by Gasteiger charge is -2.36. The Labute approximate surface area is 159 Å². The molecule has 0 aliphatic carbocycles. The van der Waals surface area contributed by atoms with Crippen molar-refractivity contribution in [3.05, 3.63) is 29.3 Å². The van der Waals surface area contributed by atoms with Crippen molar-refractivity contribution in [2.75, 3.05) is 44.2 Å².